The van der Waals surface area contributed by atoms with Gasteiger partial charge in [0.2, 0.25) is 23.6 Å². The summed E-state index contributed by atoms with van der Waals surface area (Å²) in [4.78, 5) is 60.8. The Labute approximate surface area is 203 Å². The van der Waals surface area contributed by atoms with Crippen LogP contribution in [0.4, 0.5) is 0 Å². The van der Waals surface area contributed by atoms with Crippen molar-refractivity contribution in [3.8, 4) is 0 Å². The summed E-state index contributed by atoms with van der Waals surface area (Å²) in [5.74, 6) is -2.89. The predicted octanol–water partition coefficient (Wildman–Crippen LogP) is -0.720. The average molecular weight is 508 g/mol. The van der Waals surface area contributed by atoms with Crippen molar-refractivity contribution >= 4 is 53.1 Å². The van der Waals surface area contributed by atoms with Crippen LogP contribution in [0.3, 0.4) is 0 Å². The molecule has 0 heterocycles. The molecule has 0 aliphatic rings. The zero-order valence-electron chi connectivity index (χ0n) is 19.6. The second-order valence-corrected chi connectivity index (χ2v) is 9.84. The first-order chi connectivity index (χ1) is 15.4. The molecule has 0 aromatic heterocycles. The molecule has 0 fully saturated rings. The Morgan fingerprint density at radius 2 is 1.30 bits per heavy atom. The summed E-state index contributed by atoms with van der Waals surface area (Å²) < 4.78 is 0. The van der Waals surface area contributed by atoms with Crippen molar-refractivity contribution in [3.63, 3.8) is 0 Å². The van der Waals surface area contributed by atoms with Crippen LogP contribution in [0.25, 0.3) is 0 Å². The molecule has 4 unspecified atom stereocenters. The lowest BCUT2D eigenvalue weighted by atomic mass is 10.0. The van der Waals surface area contributed by atoms with Crippen molar-refractivity contribution in [1.82, 2.24) is 16.0 Å². The van der Waals surface area contributed by atoms with Crippen LogP contribution in [0.15, 0.2) is 0 Å². The number of nitrogens with one attached hydrogen (secondary N) is 3. The highest BCUT2D eigenvalue weighted by Crippen LogP contribution is 2.08. The van der Waals surface area contributed by atoms with E-state index in [2.05, 4.69) is 16.0 Å². The predicted molar refractivity (Wildman–Crippen MR) is 131 cm³/mol. The first-order valence-electron chi connectivity index (χ1n) is 10.6. The first kappa shape index (κ1) is 31.0. The molecule has 13 heteroatoms. The van der Waals surface area contributed by atoms with Crippen molar-refractivity contribution in [2.45, 2.75) is 63.7 Å². The second-order valence-electron chi connectivity index (χ2n) is 7.87. The minimum atomic E-state index is -1.18. The van der Waals surface area contributed by atoms with Crippen LogP contribution >= 0.6 is 23.5 Å². The maximum atomic E-state index is 12.9. The fourth-order valence-electron chi connectivity index (χ4n) is 2.75. The summed E-state index contributed by atoms with van der Waals surface area (Å²) in [6.45, 7) is 3.31. The van der Waals surface area contributed by atoms with E-state index in [-0.39, 0.29) is 25.2 Å². The van der Waals surface area contributed by atoms with E-state index in [1.807, 2.05) is 12.5 Å². The van der Waals surface area contributed by atoms with Gasteiger partial charge in [0, 0.05) is 6.42 Å². The van der Waals surface area contributed by atoms with Gasteiger partial charge in [-0.3, -0.25) is 19.2 Å². The molecule has 0 bridgehead atoms. The van der Waals surface area contributed by atoms with Gasteiger partial charge in [-0.15, -0.1) is 0 Å². The number of thioether (sulfide) groups is 2. The zero-order chi connectivity index (χ0) is 25.6. The lowest BCUT2D eigenvalue weighted by Gasteiger charge is -2.26. The Morgan fingerprint density at radius 1 is 0.818 bits per heavy atom. The van der Waals surface area contributed by atoms with Crippen molar-refractivity contribution < 1.29 is 29.1 Å². The van der Waals surface area contributed by atoms with Crippen LogP contribution in [0.1, 0.15) is 39.5 Å². The first-order valence-corrected chi connectivity index (χ1v) is 13.4. The molecule has 0 aliphatic carbocycles. The number of nitrogens with two attached hydrogens (primary N) is 2. The van der Waals surface area contributed by atoms with Gasteiger partial charge in [0.15, 0.2) is 0 Å². The molecule has 0 saturated carbocycles. The minimum Gasteiger partial charge on any atom is -0.480 e. The average Bonchev–Trinajstić information content (AvgIpc) is 2.74. The molecule has 0 rings (SSSR count). The highest BCUT2D eigenvalue weighted by atomic mass is 32.2. The lowest BCUT2D eigenvalue weighted by Crippen LogP contribution is -2.57. The van der Waals surface area contributed by atoms with Crippen LogP contribution in [0, 0.1) is 5.92 Å². The van der Waals surface area contributed by atoms with Crippen LogP contribution in [-0.2, 0) is 24.0 Å². The summed E-state index contributed by atoms with van der Waals surface area (Å²) in [5, 5.41) is 16.9. The maximum Gasteiger partial charge on any atom is 0.326 e. The standard InChI is InChI=1S/C20H37N5O6S2/c1-11(2)16(20(30)31)25-19(29)14(8-10-33-4)24-18(28)13(5-6-15(22)26)23-17(27)12(21)7-9-32-3/h11-14,16H,5-10,21H2,1-4H3,(H2,22,26)(H,23,27)(H,24,28)(H,25,29)(H,30,31). The van der Waals surface area contributed by atoms with Crippen LogP contribution in [-0.4, -0.2) is 82.9 Å². The van der Waals surface area contributed by atoms with Gasteiger partial charge in [-0.25, -0.2) is 4.79 Å². The number of primary amides is 1. The number of carbonyl (C=O) groups excluding carboxylic acids is 4. The van der Waals surface area contributed by atoms with Gasteiger partial charge in [-0.1, -0.05) is 13.8 Å². The van der Waals surface area contributed by atoms with E-state index in [0.29, 0.717) is 17.9 Å². The molecule has 0 aliphatic heterocycles. The van der Waals surface area contributed by atoms with Gasteiger partial charge in [0.1, 0.15) is 18.1 Å². The summed E-state index contributed by atoms with van der Waals surface area (Å²) in [6.07, 6.45) is 4.13. The summed E-state index contributed by atoms with van der Waals surface area (Å²) in [5.41, 5.74) is 11.1. The maximum absolute atomic E-state index is 12.9. The van der Waals surface area contributed by atoms with Gasteiger partial charge in [0.25, 0.3) is 0 Å². The van der Waals surface area contributed by atoms with Crippen LogP contribution in [0.2, 0.25) is 0 Å². The van der Waals surface area contributed by atoms with Crippen molar-refractivity contribution in [3.05, 3.63) is 0 Å². The van der Waals surface area contributed by atoms with E-state index in [9.17, 15) is 29.1 Å². The molecule has 11 nitrogen and oxygen atoms in total. The molecular weight excluding hydrogens is 470 g/mol. The minimum absolute atomic E-state index is 0.0667. The number of aliphatic carboxylic acids is 1. The molecule has 33 heavy (non-hydrogen) atoms. The molecule has 0 aromatic rings. The van der Waals surface area contributed by atoms with Gasteiger partial charge in [-0.05, 0) is 49.2 Å². The van der Waals surface area contributed by atoms with E-state index in [1.165, 1.54) is 23.5 Å². The Hall–Kier alpha value is -1.99. The molecule has 0 radical (unpaired) electrons. The van der Waals surface area contributed by atoms with Gasteiger partial charge in [0.05, 0.1) is 6.04 Å². The van der Waals surface area contributed by atoms with E-state index >= 15 is 0 Å². The topological polar surface area (TPSA) is 194 Å². The third-order valence-corrected chi connectivity index (χ3v) is 6.04. The number of hydrogen-bond acceptors (Lipinski definition) is 8. The molecule has 0 spiro atoms. The highest BCUT2D eigenvalue weighted by molar-refractivity contribution is 7.98. The molecule has 0 saturated heterocycles. The smallest absolute Gasteiger partial charge is 0.326 e. The second kappa shape index (κ2) is 16.6. The lowest BCUT2D eigenvalue weighted by molar-refractivity contribution is -0.143. The molecule has 4 atom stereocenters. The Balaban J connectivity index is 5.46. The highest BCUT2D eigenvalue weighted by Gasteiger charge is 2.31. The summed E-state index contributed by atoms with van der Waals surface area (Å²) >= 11 is 2.98. The molecule has 0 aromatic carbocycles. The molecule has 190 valence electrons. The Kier molecular flexibility index (Phi) is 15.6. The van der Waals surface area contributed by atoms with E-state index < -0.39 is 53.8 Å². The van der Waals surface area contributed by atoms with Crippen molar-refractivity contribution in [1.29, 1.82) is 0 Å². The monoisotopic (exact) mass is 507 g/mol. The molecule has 8 N–H and O–H groups in total. The fraction of sp³-hybridized carbons (Fsp3) is 0.750. The summed E-state index contributed by atoms with van der Waals surface area (Å²) in [6, 6.07) is -4.11. The molecule has 4 amide bonds. The van der Waals surface area contributed by atoms with Crippen LogP contribution < -0.4 is 27.4 Å². The number of rotatable bonds is 17. The number of carbonyl (C=O) groups is 5. The number of amides is 4. The normalized spacial score (nSPS) is 14.6. The van der Waals surface area contributed by atoms with Gasteiger partial charge < -0.3 is 32.5 Å². The van der Waals surface area contributed by atoms with Crippen LogP contribution in [0.5, 0.6) is 0 Å². The third-order valence-electron chi connectivity index (χ3n) is 4.76. The number of carboxylic acid groups (broad SMARTS) is 1. The van der Waals surface area contributed by atoms with E-state index in [1.54, 1.807) is 13.8 Å². The SMILES string of the molecule is CSCCC(N)C(=O)NC(CCC(N)=O)C(=O)NC(CCSC)C(=O)NC(C(=O)O)C(C)C. The largest absolute Gasteiger partial charge is 0.480 e. The fourth-order valence-corrected chi connectivity index (χ4v) is 3.72. The zero-order valence-corrected chi connectivity index (χ0v) is 21.2. The Morgan fingerprint density at radius 3 is 1.79 bits per heavy atom. The van der Waals surface area contributed by atoms with Crippen molar-refractivity contribution in [2.24, 2.45) is 17.4 Å². The number of carboxylic acids is 1. The summed E-state index contributed by atoms with van der Waals surface area (Å²) in [7, 11) is 0. The van der Waals surface area contributed by atoms with E-state index in [0.717, 1.165) is 0 Å². The third kappa shape index (κ3) is 12.7. The van der Waals surface area contributed by atoms with Crippen molar-refractivity contribution in [2.75, 3.05) is 24.0 Å². The number of hydrogen-bond donors (Lipinski definition) is 6. The molecular formula is C20H37N5O6S2. The quantitative estimate of drug-likeness (QED) is 0.147. The Bertz CT molecular complexity index is 679. The van der Waals surface area contributed by atoms with Gasteiger partial charge in [-0.2, -0.15) is 23.5 Å². The van der Waals surface area contributed by atoms with E-state index in [4.69, 9.17) is 11.5 Å². The van der Waals surface area contributed by atoms with Gasteiger partial charge >= 0.3 is 5.97 Å².